The lowest BCUT2D eigenvalue weighted by Crippen LogP contribution is -2.53. The molecular formula is C27H47N3O4. The van der Waals surface area contributed by atoms with E-state index in [4.69, 9.17) is 9.47 Å². The molecule has 1 aromatic carbocycles. The molecule has 0 saturated carbocycles. The second-order valence-electron chi connectivity index (χ2n) is 10.9. The number of methoxy groups -OCH3 is 1. The Kier molecular flexibility index (Phi) is 11.1. The molecule has 3 unspecified atom stereocenters. The first-order valence-electron chi connectivity index (χ1n) is 12.7. The first-order valence-corrected chi connectivity index (χ1v) is 12.7. The summed E-state index contributed by atoms with van der Waals surface area (Å²) >= 11 is 0. The van der Waals surface area contributed by atoms with Crippen LogP contribution in [-0.2, 0) is 10.3 Å². The smallest absolute Gasteiger partial charge is 0.317 e. The summed E-state index contributed by atoms with van der Waals surface area (Å²) in [6, 6.07) is 7.84. The summed E-state index contributed by atoms with van der Waals surface area (Å²) < 4.78 is 11.5. The van der Waals surface area contributed by atoms with Crippen LogP contribution in [0, 0.1) is 11.3 Å². The zero-order valence-corrected chi connectivity index (χ0v) is 22.2. The molecule has 7 heteroatoms. The number of likely N-dealkylation sites (tertiary alicyclic amines) is 1. The van der Waals surface area contributed by atoms with Crippen LogP contribution in [0.2, 0.25) is 0 Å². The number of ether oxygens (including phenoxy) is 2. The summed E-state index contributed by atoms with van der Waals surface area (Å²) in [6.45, 7) is 11.6. The van der Waals surface area contributed by atoms with Gasteiger partial charge in [-0.3, -0.25) is 0 Å². The summed E-state index contributed by atoms with van der Waals surface area (Å²) in [5.41, 5.74) is -0.252. The Labute approximate surface area is 206 Å². The van der Waals surface area contributed by atoms with Crippen molar-refractivity contribution in [2.24, 2.45) is 11.3 Å². The van der Waals surface area contributed by atoms with Crippen molar-refractivity contribution in [3.8, 4) is 5.75 Å². The first-order chi connectivity index (χ1) is 16.1. The molecule has 34 heavy (non-hydrogen) atoms. The standard InChI is InChI=1S/C27H47N3O4/c1-21(18-28-5)29-25(31)30-16-11-12-22(19-30)27(32,15-9-10-17-33-6)23-13-7-8-14-24(23)34-20-26(2,3)4/h7-8,13-14,21-22,28,32H,9-12,15-20H2,1-6H3,(H,29,31). The van der Waals surface area contributed by atoms with Gasteiger partial charge in [-0.05, 0) is 57.6 Å². The SMILES string of the molecule is CNCC(C)NC(=O)N1CCCC(C(O)(CCCCOC)c2ccccc2OCC(C)(C)C)C1. The topological polar surface area (TPSA) is 83.1 Å². The van der Waals surface area contributed by atoms with Crippen molar-refractivity contribution in [2.75, 3.05) is 47.0 Å². The van der Waals surface area contributed by atoms with Gasteiger partial charge in [0.2, 0.25) is 0 Å². The Morgan fingerprint density at radius 1 is 1.26 bits per heavy atom. The van der Waals surface area contributed by atoms with Crippen LogP contribution in [0.3, 0.4) is 0 Å². The van der Waals surface area contributed by atoms with Crippen molar-refractivity contribution in [3.63, 3.8) is 0 Å². The van der Waals surface area contributed by atoms with Crippen LogP contribution >= 0.6 is 0 Å². The van der Waals surface area contributed by atoms with Crippen LogP contribution in [0.25, 0.3) is 0 Å². The van der Waals surface area contributed by atoms with Crippen molar-refractivity contribution in [3.05, 3.63) is 29.8 Å². The van der Waals surface area contributed by atoms with Crippen molar-refractivity contribution in [1.29, 1.82) is 0 Å². The van der Waals surface area contributed by atoms with E-state index < -0.39 is 5.60 Å². The number of piperidine rings is 1. The number of benzene rings is 1. The van der Waals surface area contributed by atoms with Gasteiger partial charge in [-0.25, -0.2) is 4.79 Å². The lowest BCUT2D eigenvalue weighted by molar-refractivity contribution is -0.0583. The second kappa shape index (κ2) is 13.3. The molecule has 194 valence electrons. The van der Waals surface area contributed by atoms with E-state index in [2.05, 4.69) is 31.4 Å². The molecule has 0 radical (unpaired) electrons. The number of aliphatic hydroxyl groups is 1. The minimum atomic E-state index is -1.09. The number of likely N-dealkylation sites (N-methyl/N-ethyl adjacent to an activating group) is 1. The quantitative estimate of drug-likeness (QED) is 0.394. The number of rotatable bonds is 12. The van der Waals surface area contributed by atoms with Gasteiger partial charge in [0.05, 0.1) is 12.2 Å². The monoisotopic (exact) mass is 477 g/mol. The van der Waals surface area contributed by atoms with E-state index in [1.807, 2.05) is 43.1 Å². The van der Waals surface area contributed by atoms with E-state index in [9.17, 15) is 9.90 Å². The molecule has 1 aliphatic heterocycles. The number of hydrogen-bond acceptors (Lipinski definition) is 5. The summed E-state index contributed by atoms with van der Waals surface area (Å²) in [5, 5.41) is 18.5. The summed E-state index contributed by atoms with van der Waals surface area (Å²) in [6.07, 6.45) is 4.04. The number of nitrogens with zero attached hydrogens (tertiary/aromatic N) is 1. The van der Waals surface area contributed by atoms with Crippen LogP contribution in [0.15, 0.2) is 24.3 Å². The molecule has 3 atom stereocenters. The molecular weight excluding hydrogens is 430 g/mol. The number of carbonyl (C=O) groups is 1. The molecule has 1 aliphatic rings. The highest BCUT2D eigenvalue weighted by Gasteiger charge is 2.43. The summed E-state index contributed by atoms with van der Waals surface area (Å²) in [7, 11) is 3.58. The van der Waals surface area contributed by atoms with Gasteiger partial charge < -0.3 is 30.1 Å². The Balaban J connectivity index is 2.28. The van der Waals surface area contributed by atoms with Gasteiger partial charge in [0, 0.05) is 50.9 Å². The predicted molar refractivity (Wildman–Crippen MR) is 137 cm³/mol. The average Bonchev–Trinajstić information content (AvgIpc) is 2.80. The van der Waals surface area contributed by atoms with Crippen molar-refractivity contribution in [1.82, 2.24) is 15.5 Å². The Bertz CT molecular complexity index is 752. The molecule has 0 spiro atoms. The maximum absolute atomic E-state index is 12.9. The largest absolute Gasteiger partial charge is 0.493 e. The number of para-hydroxylation sites is 1. The van der Waals surface area contributed by atoms with Gasteiger partial charge in [0.25, 0.3) is 0 Å². The highest BCUT2D eigenvalue weighted by Crippen LogP contribution is 2.43. The number of hydrogen-bond donors (Lipinski definition) is 3. The van der Waals surface area contributed by atoms with Gasteiger partial charge >= 0.3 is 6.03 Å². The Morgan fingerprint density at radius 3 is 2.68 bits per heavy atom. The molecule has 0 aromatic heterocycles. The van der Waals surface area contributed by atoms with Crippen molar-refractivity contribution < 1.29 is 19.4 Å². The molecule has 2 rings (SSSR count). The highest BCUT2D eigenvalue weighted by atomic mass is 16.5. The van der Waals surface area contributed by atoms with Crippen molar-refractivity contribution in [2.45, 2.75) is 71.4 Å². The van der Waals surface area contributed by atoms with E-state index in [1.54, 1.807) is 7.11 Å². The molecule has 1 aromatic rings. The fourth-order valence-electron chi connectivity index (χ4n) is 4.65. The number of urea groups is 1. The van der Waals surface area contributed by atoms with Crippen LogP contribution in [-0.4, -0.2) is 69.1 Å². The zero-order valence-electron chi connectivity index (χ0n) is 22.2. The number of unbranched alkanes of at least 4 members (excludes halogenated alkanes) is 1. The maximum atomic E-state index is 12.9. The van der Waals surface area contributed by atoms with Crippen LogP contribution in [0.4, 0.5) is 4.79 Å². The highest BCUT2D eigenvalue weighted by molar-refractivity contribution is 5.74. The molecule has 0 aliphatic carbocycles. The molecule has 1 saturated heterocycles. The lowest BCUT2D eigenvalue weighted by atomic mass is 9.73. The maximum Gasteiger partial charge on any atom is 0.317 e. The van der Waals surface area contributed by atoms with E-state index >= 15 is 0 Å². The third-order valence-corrected chi connectivity index (χ3v) is 6.43. The van der Waals surface area contributed by atoms with Gasteiger partial charge in [-0.1, -0.05) is 39.0 Å². The average molecular weight is 478 g/mol. The zero-order chi connectivity index (χ0) is 25.2. The van der Waals surface area contributed by atoms with E-state index in [0.29, 0.717) is 39.3 Å². The molecule has 1 heterocycles. The fourth-order valence-corrected chi connectivity index (χ4v) is 4.65. The predicted octanol–water partition coefficient (Wildman–Crippen LogP) is 4.15. The molecule has 0 bridgehead atoms. The van der Waals surface area contributed by atoms with Gasteiger partial charge in [0.1, 0.15) is 5.75 Å². The van der Waals surface area contributed by atoms with Crippen LogP contribution < -0.4 is 15.4 Å². The number of amides is 2. The number of nitrogens with one attached hydrogen (secondary N) is 2. The summed E-state index contributed by atoms with van der Waals surface area (Å²) in [4.78, 5) is 14.8. The fraction of sp³-hybridized carbons (Fsp3) is 0.741. The minimum absolute atomic E-state index is 0.00740. The third kappa shape index (κ3) is 8.43. The Morgan fingerprint density at radius 2 is 2.00 bits per heavy atom. The minimum Gasteiger partial charge on any atom is -0.493 e. The second-order valence-corrected chi connectivity index (χ2v) is 10.9. The van der Waals surface area contributed by atoms with E-state index in [1.165, 1.54) is 0 Å². The summed E-state index contributed by atoms with van der Waals surface area (Å²) in [5.74, 6) is 0.657. The van der Waals surface area contributed by atoms with Gasteiger partial charge in [-0.15, -0.1) is 0 Å². The van der Waals surface area contributed by atoms with Gasteiger partial charge in [0.15, 0.2) is 0 Å². The molecule has 7 nitrogen and oxygen atoms in total. The first kappa shape index (κ1) is 28.4. The number of carbonyl (C=O) groups excluding carboxylic acids is 1. The van der Waals surface area contributed by atoms with E-state index in [-0.39, 0.29) is 23.4 Å². The molecule has 3 N–H and O–H groups in total. The van der Waals surface area contributed by atoms with E-state index in [0.717, 1.165) is 37.0 Å². The van der Waals surface area contributed by atoms with Crippen LogP contribution in [0.5, 0.6) is 5.75 Å². The molecule has 2 amide bonds. The molecule has 1 fully saturated rings. The lowest BCUT2D eigenvalue weighted by Gasteiger charge is -2.43. The third-order valence-electron chi connectivity index (χ3n) is 6.43. The van der Waals surface area contributed by atoms with Crippen molar-refractivity contribution >= 4 is 6.03 Å². The van der Waals surface area contributed by atoms with Crippen LogP contribution in [0.1, 0.15) is 65.4 Å². The normalized spacial score (nSPS) is 19.4. The Hall–Kier alpha value is -1.83. The van der Waals surface area contributed by atoms with Gasteiger partial charge in [-0.2, -0.15) is 0 Å².